The molecule has 3 rings (SSSR count). The molecule has 0 aromatic heterocycles. The fourth-order valence-corrected chi connectivity index (χ4v) is 5.10. The van der Waals surface area contributed by atoms with Gasteiger partial charge in [-0.25, -0.2) is 18.1 Å². The molecule has 1 fully saturated rings. The molecule has 0 atom stereocenters. The van der Waals surface area contributed by atoms with Gasteiger partial charge < -0.3 is 0 Å². The number of hydrogen-bond donors (Lipinski definition) is 0. The summed E-state index contributed by atoms with van der Waals surface area (Å²) >= 11 is 36.3. The molecule has 0 N–H and O–H groups in total. The number of allylic oxidation sites excluding steroid dienone is 2. The quantitative estimate of drug-likeness (QED) is 0.227. The Morgan fingerprint density at radius 3 is 1.30 bits per heavy atom. The van der Waals surface area contributed by atoms with Gasteiger partial charge in [-0.3, -0.25) is 0 Å². The van der Waals surface area contributed by atoms with Crippen molar-refractivity contribution in [3.63, 3.8) is 0 Å². The minimum absolute atomic E-state index is 0.0355. The molecule has 0 amide bonds. The van der Waals surface area contributed by atoms with E-state index in [1.807, 2.05) is 0 Å². The molecule has 2 aliphatic heterocycles. The lowest BCUT2D eigenvalue weighted by atomic mass is 10.3. The lowest BCUT2D eigenvalue weighted by Gasteiger charge is -2.03. The molecule has 0 unspecified atom stereocenters. The summed E-state index contributed by atoms with van der Waals surface area (Å²) in [5, 5.41) is 0.769. The van der Waals surface area contributed by atoms with Crippen molar-refractivity contribution >= 4 is 77.8 Å². The van der Waals surface area contributed by atoms with E-state index in [0.29, 0.717) is 10.1 Å². The van der Waals surface area contributed by atoms with Crippen LogP contribution in [-0.2, 0) is 9.05 Å². The van der Waals surface area contributed by atoms with E-state index in [9.17, 15) is 0 Å². The van der Waals surface area contributed by atoms with E-state index < -0.39 is 8.17 Å². The minimum Gasteiger partial charge on any atom is -0.235 e. The number of halogens is 6. The highest BCUT2D eigenvalue weighted by atomic mass is 35.5. The first-order valence-corrected chi connectivity index (χ1v) is 9.66. The molecule has 2 heterocycles. The third-order valence-corrected chi connectivity index (χ3v) is 6.56. The van der Waals surface area contributed by atoms with Gasteiger partial charge >= 0.3 is 8.17 Å². The average Bonchev–Trinajstić information content (AvgIpc) is 3.05. The van der Waals surface area contributed by atoms with Crippen LogP contribution in [-0.4, -0.2) is 0 Å². The van der Waals surface area contributed by atoms with Gasteiger partial charge in [0.05, 0.1) is 20.1 Å². The average molecular weight is 458 g/mol. The molecular formula is C12H6Cl6O4P+. The number of fused-ring (bicyclic) bond motifs is 1. The standard InChI is InChI=1S/C12H6Cl6O4P/c1-3(13)9-10(4(2)14)20-23(19-9)21-11-7(17)5(15)6(16)8(18)12(11)22-23/h1-2H3/q+1/b9-3-,10-4-. The summed E-state index contributed by atoms with van der Waals surface area (Å²) in [6.07, 6.45) is 0. The van der Waals surface area contributed by atoms with Gasteiger partial charge in [0.1, 0.15) is 10.0 Å². The van der Waals surface area contributed by atoms with Crippen LogP contribution in [0.1, 0.15) is 13.8 Å². The molecule has 1 aromatic rings. The highest BCUT2D eigenvalue weighted by Gasteiger charge is 2.69. The Hall–Kier alpha value is 0.0700. The summed E-state index contributed by atoms with van der Waals surface area (Å²) < 4.78 is 22.7. The zero-order valence-corrected chi connectivity index (χ0v) is 16.8. The van der Waals surface area contributed by atoms with E-state index in [1.54, 1.807) is 13.8 Å². The largest absolute Gasteiger partial charge is 0.767 e. The first kappa shape index (κ1) is 17.9. The van der Waals surface area contributed by atoms with E-state index in [1.165, 1.54) is 0 Å². The van der Waals surface area contributed by atoms with E-state index >= 15 is 0 Å². The Bertz CT molecular complexity index is 717. The number of hydrogen-bond acceptors (Lipinski definition) is 4. The molecule has 0 radical (unpaired) electrons. The Labute approximate surface area is 162 Å². The predicted octanol–water partition coefficient (Wildman–Crippen LogP) is 7.74. The van der Waals surface area contributed by atoms with E-state index in [0.717, 1.165) is 0 Å². The van der Waals surface area contributed by atoms with Crippen LogP contribution in [0.15, 0.2) is 21.6 Å². The molecule has 0 aliphatic carbocycles. The molecule has 1 aromatic carbocycles. The van der Waals surface area contributed by atoms with Crippen molar-refractivity contribution in [3.05, 3.63) is 41.7 Å². The van der Waals surface area contributed by atoms with Crippen LogP contribution in [0.2, 0.25) is 20.1 Å². The van der Waals surface area contributed by atoms with Crippen LogP contribution >= 0.6 is 77.8 Å². The highest BCUT2D eigenvalue weighted by Crippen LogP contribution is 2.77. The van der Waals surface area contributed by atoms with Crippen molar-refractivity contribution in [1.29, 1.82) is 0 Å². The summed E-state index contributed by atoms with van der Waals surface area (Å²) in [6.45, 7) is 3.22. The van der Waals surface area contributed by atoms with Crippen molar-refractivity contribution in [2.24, 2.45) is 0 Å². The molecule has 23 heavy (non-hydrogen) atoms. The van der Waals surface area contributed by atoms with Gasteiger partial charge in [-0.1, -0.05) is 69.6 Å². The summed E-state index contributed by atoms with van der Waals surface area (Å²) in [5.41, 5.74) is 0. The predicted molar refractivity (Wildman–Crippen MR) is 93.9 cm³/mol. The van der Waals surface area contributed by atoms with Gasteiger partial charge in [0, 0.05) is 0 Å². The van der Waals surface area contributed by atoms with Gasteiger partial charge in [-0.2, -0.15) is 0 Å². The minimum atomic E-state index is -3.36. The molecule has 11 heteroatoms. The topological polar surface area (TPSA) is 36.9 Å². The van der Waals surface area contributed by atoms with Crippen LogP contribution in [0.4, 0.5) is 0 Å². The second-order valence-electron chi connectivity index (χ2n) is 4.45. The Balaban J connectivity index is 2.10. The molecule has 2 aliphatic rings. The molecule has 0 saturated carbocycles. The summed E-state index contributed by atoms with van der Waals surface area (Å²) in [5.74, 6) is 0.591. The van der Waals surface area contributed by atoms with Crippen molar-refractivity contribution in [2.75, 3.05) is 0 Å². The van der Waals surface area contributed by atoms with Crippen LogP contribution in [0.3, 0.4) is 0 Å². The highest BCUT2D eigenvalue weighted by molar-refractivity contribution is 7.58. The zero-order valence-electron chi connectivity index (χ0n) is 11.3. The fourth-order valence-electron chi connectivity index (χ4n) is 1.84. The SMILES string of the molecule is C/C(Cl)=C1/O[P+]2(O/C1=C(/C)Cl)Oc1c(Cl)c(Cl)c(Cl)c(Cl)c1O2. The van der Waals surface area contributed by atoms with Crippen LogP contribution < -0.4 is 9.05 Å². The Morgan fingerprint density at radius 1 is 0.652 bits per heavy atom. The molecular weight excluding hydrogens is 452 g/mol. The Morgan fingerprint density at radius 2 is 1.00 bits per heavy atom. The number of benzene rings is 1. The van der Waals surface area contributed by atoms with Gasteiger partial charge in [0.25, 0.3) is 11.5 Å². The van der Waals surface area contributed by atoms with Gasteiger partial charge in [0.2, 0.25) is 11.5 Å². The van der Waals surface area contributed by atoms with Crippen molar-refractivity contribution in [2.45, 2.75) is 13.8 Å². The Kier molecular flexibility index (Phi) is 4.74. The maximum atomic E-state index is 6.13. The molecule has 4 nitrogen and oxygen atoms in total. The van der Waals surface area contributed by atoms with Crippen LogP contribution in [0, 0.1) is 0 Å². The van der Waals surface area contributed by atoms with Gasteiger partial charge in [-0.05, 0) is 13.8 Å². The molecule has 124 valence electrons. The monoisotopic (exact) mass is 455 g/mol. The lowest BCUT2D eigenvalue weighted by Crippen LogP contribution is -2.01. The third-order valence-electron chi connectivity index (χ3n) is 2.83. The summed E-state index contributed by atoms with van der Waals surface area (Å²) in [6, 6.07) is 0. The maximum Gasteiger partial charge on any atom is 0.767 e. The summed E-state index contributed by atoms with van der Waals surface area (Å²) in [4.78, 5) is 0. The van der Waals surface area contributed by atoms with Gasteiger partial charge in [0.15, 0.2) is 0 Å². The molecule has 0 bridgehead atoms. The van der Waals surface area contributed by atoms with Crippen molar-refractivity contribution < 1.29 is 18.1 Å². The van der Waals surface area contributed by atoms with E-state index in [2.05, 4.69) is 0 Å². The number of rotatable bonds is 0. The molecule has 1 saturated heterocycles. The smallest absolute Gasteiger partial charge is 0.235 e. The lowest BCUT2D eigenvalue weighted by molar-refractivity contribution is 0.284. The van der Waals surface area contributed by atoms with Crippen LogP contribution in [0.25, 0.3) is 0 Å². The first-order chi connectivity index (χ1) is 10.7. The fraction of sp³-hybridized carbons (Fsp3) is 0.167. The molecule has 1 spiro atoms. The van der Waals surface area contributed by atoms with Crippen LogP contribution in [0.5, 0.6) is 11.5 Å². The van der Waals surface area contributed by atoms with E-state index in [4.69, 9.17) is 87.7 Å². The maximum absolute atomic E-state index is 6.13. The van der Waals surface area contributed by atoms with Crippen molar-refractivity contribution in [1.82, 2.24) is 0 Å². The first-order valence-electron chi connectivity index (χ1n) is 5.93. The van der Waals surface area contributed by atoms with Gasteiger partial charge in [-0.15, -0.1) is 0 Å². The second-order valence-corrected chi connectivity index (χ2v) is 8.72. The second kappa shape index (κ2) is 6.10. The summed E-state index contributed by atoms with van der Waals surface area (Å²) in [7, 11) is -3.36. The normalized spacial score (nSPS) is 22.1. The van der Waals surface area contributed by atoms with E-state index in [-0.39, 0.29) is 43.1 Å². The zero-order chi connectivity index (χ0) is 17.1. The van der Waals surface area contributed by atoms with Crippen molar-refractivity contribution in [3.8, 4) is 11.5 Å². The third kappa shape index (κ3) is 2.83.